The number of rotatable bonds is 9. The Morgan fingerprint density at radius 1 is 0.800 bits per heavy atom. The molecule has 4 saturated carbocycles. The van der Waals surface area contributed by atoms with Gasteiger partial charge in [0, 0.05) is 0 Å². The van der Waals surface area contributed by atoms with Crippen LogP contribution in [0.3, 0.4) is 0 Å². The fourth-order valence-electron chi connectivity index (χ4n) is 9.68. The van der Waals surface area contributed by atoms with Crippen molar-refractivity contribution in [1.82, 2.24) is 0 Å². The van der Waals surface area contributed by atoms with E-state index in [1.54, 1.807) is 0 Å². The van der Waals surface area contributed by atoms with Gasteiger partial charge in [-0.3, -0.25) is 8.37 Å². The van der Waals surface area contributed by atoms with Gasteiger partial charge in [0.05, 0.1) is 18.3 Å². The van der Waals surface area contributed by atoms with E-state index in [-0.39, 0.29) is 100 Å². The molecule has 0 aromatic rings. The average Bonchev–Trinajstić information content (AvgIpc) is 3.13. The van der Waals surface area contributed by atoms with Crippen LogP contribution < -0.4 is 59.1 Å². The Bertz CT molecular complexity index is 1070. The molecule has 0 bridgehead atoms. The van der Waals surface area contributed by atoms with Gasteiger partial charge >= 0.3 is 59.1 Å². The predicted molar refractivity (Wildman–Crippen MR) is 139 cm³/mol. The summed E-state index contributed by atoms with van der Waals surface area (Å²) in [5, 5.41) is 11.0. The Hall–Kier alpha value is 1.70. The molecule has 0 aromatic heterocycles. The summed E-state index contributed by atoms with van der Waals surface area (Å²) in [6.45, 7) is 11.0. The summed E-state index contributed by atoms with van der Waals surface area (Å²) in [5.41, 5.74) is -0.340. The number of aliphatic hydroxyl groups excluding tert-OH is 1. The van der Waals surface area contributed by atoms with Gasteiger partial charge in [0.25, 0.3) is 0 Å². The zero-order valence-electron chi connectivity index (χ0n) is 25.4. The van der Waals surface area contributed by atoms with Crippen LogP contribution in [-0.4, -0.2) is 49.4 Å². The first kappa shape index (κ1) is 37.9. The Balaban J connectivity index is 0.00000280. The summed E-state index contributed by atoms with van der Waals surface area (Å²) in [6.07, 6.45) is 5.27. The van der Waals surface area contributed by atoms with Gasteiger partial charge in [-0.1, -0.05) is 34.6 Å². The maximum absolute atomic E-state index is 11.8. The quantitative estimate of drug-likeness (QED) is 0.181. The molecule has 13 heteroatoms. The molecule has 4 aliphatic carbocycles. The standard InChI is InChI=1S/C27H48O9S2.2Na/c1-16(2)6-9-24(28)17(3)20-7-8-21-19-15-25(36-38(32,33)34)23-14-18(35-37(29,30)31)10-12-27(23,5)22(19)11-13-26(20,21)4;;/h16-25,28H,6-15H2,1-5H3,(H,29,30,31)(H,32,33,34);;/q;2*+1/p-2/t17-,18-,19?,20+,21?,22?,23?,24+,25-,26+,27+;;/m0../s1. The molecule has 9 nitrogen and oxygen atoms in total. The van der Waals surface area contributed by atoms with Gasteiger partial charge in [0.1, 0.15) is 0 Å². The van der Waals surface area contributed by atoms with Gasteiger partial charge in [0.15, 0.2) is 0 Å². The Kier molecular flexibility index (Phi) is 13.3. The number of hydrogen-bond donors (Lipinski definition) is 1. The summed E-state index contributed by atoms with van der Waals surface area (Å²) >= 11 is 0. The predicted octanol–water partition coefficient (Wildman–Crippen LogP) is -1.61. The number of hydrogen-bond acceptors (Lipinski definition) is 9. The van der Waals surface area contributed by atoms with Crippen molar-refractivity contribution in [2.75, 3.05) is 0 Å². The van der Waals surface area contributed by atoms with Crippen molar-refractivity contribution in [2.24, 2.45) is 52.3 Å². The summed E-state index contributed by atoms with van der Waals surface area (Å²) in [5.74, 6) is 1.47. The Morgan fingerprint density at radius 3 is 1.95 bits per heavy atom. The first-order valence-corrected chi connectivity index (χ1v) is 17.1. The molecule has 0 saturated heterocycles. The van der Waals surface area contributed by atoms with Crippen LogP contribution in [0.1, 0.15) is 98.8 Å². The zero-order chi connectivity index (χ0) is 28.3. The molecule has 1 N–H and O–H groups in total. The van der Waals surface area contributed by atoms with Gasteiger partial charge < -0.3 is 14.2 Å². The third kappa shape index (κ3) is 8.10. The van der Waals surface area contributed by atoms with E-state index in [0.29, 0.717) is 37.0 Å². The van der Waals surface area contributed by atoms with Crippen molar-refractivity contribution in [3.8, 4) is 0 Å². The molecule has 222 valence electrons. The van der Waals surface area contributed by atoms with E-state index in [4.69, 9.17) is 8.37 Å². The molecular formula is C27H46Na2O9S2. The Morgan fingerprint density at radius 2 is 1.38 bits per heavy atom. The molecule has 0 aliphatic heterocycles. The monoisotopic (exact) mass is 624 g/mol. The minimum atomic E-state index is -4.98. The van der Waals surface area contributed by atoms with Crippen molar-refractivity contribution in [3.05, 3.63) is 0 Å². The van der Waals surface area contributed by atoms with Gasteiger partial charge in [-0.05, 0) is 116 Å². The van der Waals surface area contributed by atoms with E-state index in [1.807, 2.05) is 0 Å². The first-order valence-electron chi connectivity index (χ1n) is 14.4. The van der Waals surface area contributed by atoms with Crippen molar-refractivity contribution >= 4 is 20.8 Å². The summed E-state index contributed by atoms with van der Waals surface area (Å²) in [4.78, 5) is 0. The minimum Gasteiger partial charge on any atom is -0.726 e. The van der Waals surface area contributed by atoms with E-state index in [0.717, 1.165) is 38.5 Å². The third-order valence-electron chi connectivity index (χ3n) is 11.5. The van der Waals surface area contributed by atoms with Crippen LogP contribution in [0.5, 0.6) is 0 Å². The molecule has 0 spiro atoms. The van der Waals surface area contributed by atoms with Gasteiger partial charge in [-0.25, -0.2) is 16.8 Å². The largest absolute Gasteiger partial charge is 1.00 e. The molecule has 4 unspecified atom stereocenters. The molecule has 40 heavy (non-hydrogen) atoms. The topological polar surface area (TPSA) is 153 Å². The number of aliphatic hydroxyl groups is 1. The maximum Gasteiger partial charge on any atom is 1.00 e. The van der Waals surface area contributed by atoms with Crippen LogP contribution in [0, 0.1) is 52.3 Å². The van der Waals surface area contributed by atoms with E-state index in [9.17, 15) is 31.0 Å². The fourth-order valence-corrected chi connectivity index (χ4v) is 10.7. The molecule has 0 aromatic carbocycles. The Labute approximate surface area is 286 Å². The van der Waals surface area contributed by atoms with Crippen LogP contribution in [0.4, 0.5) is 0 Å². The van der Waals surface area contributed by atoms with Gasteiger partial charge in [-0.15, -0.1) is 0 Å². The maximum atomic E-state index is 11.8. The van der Waals surface area contributed by atoms with Crippen molar-refractivity contribution < 1.29 is 98.5 Å². The normalized spacial score (nSPS) is 41.1. The smallest absolute Gasteiger partial charge is 0.726 e. The van der Waals surface area contributed by atoms with Crippen molar-refractivity contribution in [1.29, 1.82) is 0 Å². The van der Waals surface area contributed by atoms with Crippen molar-refractivity contribution in [3.63, 3.8) is 0 Å². The van der Waals surface area contributed by atoms with Gasteiger partial charge in [0.2, 0.25) is 20.8 Å². The summed E-state index contributed by atoms with van der Waals surface area (Å²) in [6, 6.07) is 0. The molecule has 4 fully saturated rings. The minimum absolute atomic E-state index is 0. The summed E-state index contributed by atoms with van der Waals surface area (Å²) < 4.78 is 79.1. The molecule has 0 amide bonds. The zero-order valence-corrected chi connectivity index (χ0v) is 31.0. The SMILES string of the molecule is CC(C)CC[C@@H](O)[C@@H](C)[C@H]1CCC2C3C[C@H](OS(=O)(=O)[O-])C4C[C@@H](OS(=O)(=O)[O-])CC[C@]4(C)C3CC[C@@]21C.[Na+].[Na+]. The van der Waals surface area contributed by atoms with E-state index in [1.165, 1.54) is 0 Å². The van der Waals surface area contributed by atoms with Gasteiger partial charge in [-0.2, -0.15) is 0 Å². The number of fused-ring (bicyclic) bond motifs is 5. The molecular weight excluding hydrogens is 578 g/mol. The third-order valence-corrected chi connectivity index (χ3v) is 12.4. The van der Waals surface area contributed by atoms with E-state index >= 15 is 0 Å². The van der Waals surface area contributed by atoms with Crippen LogP contribution in [0.25, 0.3) is 0 Å². The van der Waals surface area contributed by atoms with Crippen LogP contribution in [0.15, 0.2) is 0 Å². The molecule has 0 radical (unpaired) electrons. The van der Waals surface area contributed by atoms with Crippen LogP contribution >= 0.6 is 0 Å². The first-order chi connectivity index (χ1) is 17.4. The fraction of sp³-hybridized carbons (Fsp3) is 1.00. The second-order valence-corrected chi connectivity index (χ2v) is 15.8. The molecule has 0 heterocycles. The second kappa shape index (κ2) is 14.0. The van der Waals surface area contributed by atoms with Crippen LogP contribution in [0.2, 0.25) is 0 Å². The van der Waals surface area contributed by atoms with Crippen LogP contribution in [-0.2, 0) is 29.2 Å². The molecule has 4 aliphatic rings. The second-order valence-electron chi connectivity index (χ2n) is 13.8. The van der Waals surface area contributed by atoms with Crippen molar-refractivity contribution in [2.45, 2.75) is 117 Å². The molecule has 11 atom stereocenters. The summed E-state index contributed by atoms with van der Waals surface area (Å²) in [7, 11) is -9.88. The van der Waals surface area contributed by atoms with E-state index in [2.05, 4.69) is 34.6 Å². The van der Waals surface area contributed by atoms with E-state index < -0.39 is 38.9 Å². The average molecular weight is 625 g/mol. The molecule has 4 rings (SSSR count).